The van der Waals surface area contributed by atoms with E-state index in [1.807, 2.05) is 0 Å². The highest BCUT2D eigenvalue weighted by Crippen LogP contribution is 2.14. The van der Waals surface area contributed by atoms with E-state index in [2.05, 4.69) is 22.2 Å². The van der Waals surface area contributed by atoms with E-state index < -0.39 is 0 Å². The maximum absolute atomic E-state index is 11.9. The van der Waals surface area contributed by atoms with E-state index in [1.165, 1.54) is 6.20 Å². The van der Waals surface area contributed by atoms with Crippen LogP contribution in [0.1, 0.15) is 16.8 Å². The summed E-state index contributed by atoms with van der Waals surface area (Å²) in [6.07, 6.45) is 4.22. The number of nitrogens with zero attached hydrogens (tertiary/aromatic N) is 2. The van der Waals surface area contributed by atoms with Gasteiger partial charge in [0.15, 0.2) is 0 Å². The molecule has 1 amide bonds. The Labute approximate surface area is 101 Å². The van der Waals surface area contributed by atoms with E-state index >= 15 is 0 Å². The van der Waals surface area contributed by atoms with Crippen molar-refractivity contribution in [3.63, 3.8) is 0 Å². The second-order valence-corrected chi connectivity index (χ2v) is 4.59. The first kappa shape index (κ1) is 11.9. The lowest BCUT2D eigenvalue weighted by Crippen LogP contribution is -2.31. The van der Waals surface area contributed by atoms with Gasteiger partial charge in [-0.25, -0.2) is 0 Å². The summed E-state index contributed by atoms with van der Waals surface area (Å²) in [4.78, 5) is 18.0. The number of rotatable bonds is 3. The molecular weight excluding hydrogens is 216 g/mol. The molecule has 1 aromatic heterocycles. The highest BCUT2D eigenvalue weighted by molar-refractivity contribution is 5.98. The molecule has 5 heteroatoms. The van der Waals surface area contributed by atoms with Gasteiger partial charge in [0, 0.05) is 31.2 Å². The molecule has 1 aliphatic heterocycles. The van der Waals surface area contributed by atoms with Crippen LogP contribution in [0.3, 0.4) is 0 Å². The molecule has 0 bridgehead atoms. The molecule has 1 aromatic rings. The smallest absolute Gasteiger partial charge is 0.254 e. The Kier molecular flexibility index (Phi) is 3.58. The molecule has 92 valence electrons. The molecule has 0 spiro atoms. The van der Waals surface area contributed by atoms with Crippen molar-refractivity contribution in [3.05, 3.63) is 24.0 Å². The first-order chi connectivity index (χ1) is 8.16. The molecule has 17 heavy (non-hydrogen) atoms. The number of amides is 1. The summed E-state index contributed by atoms with van der Waals surface area (Å²) >= 11 is 0. The van der Waals surface area contributed by atoms with E-state index in [0.29, 0.717) is 23.7 Å². The maximum Gasteiger partial charge on any atom is 0.254 e. The Morgan fingerprint density at radius 2 is 2.53 bits per heavy atom. The highest BCUT2D eigenvalue weighted by Gasteiger charge is 2.20. The summed E-state index contributed by atoms with van der Waals surface area (Å²) < 4.78 is 0. The number of nitrogen functional groups attached to an aromatic ring is 1. The van der Waals surface area contributed by atoms with E-state index in [1.54, 1.807) is 12.3 Å². The number of hydrogen-bond donors (Lipinski definition) is 2. The first-order valence-electron chi connectivity index (χ1n) is 5.83. The minimum Gasteiger partial charge on any atom is -0.398 e. The van der Waals surface area contributed by atoms with Crippen molar-refractivity contribution in [1.29, 1.82) is 0 Å². The number of anilines is 1. The molecule has 1 fully saturated rings. The van der Waals surface area contributed by atoms with Gasteiger partial charge in [0.2, 0.25) is 0 Å². The van der Waals surface area contributed by atoms with Crippen LogP contribution in [-0.2, 0) is 0 Å². The molecule has 1 saturated heterocycles. The zero-order chi connectivity index (χ0) is 12.3. The lowest BCUT2D eigenvalue weighted by molar-refractivity contribution is 0.0948. The fraction of sp³-hybridized carbons (Fsp3) is 0.500. The van der Waals surface area contributed by atoms with Crippen LogP contribution in [0.4, 0.5) is 5.69 Å². The number of likely N-dealkylation sites (tertiary alicyclic amines) is 1. The average molecular weight is 234 g/mol. The molecule has 1 unspecified atom stereocenters. The van der Waals surface area contributed by atoms with Crippen molar-refractivity contribution >= 4 is 11.6 Å². The summed E-state index contributed by atoms with van der Waals surface area (Å²) in [7, 11) is 2.10. The van der Waals surface area contributed by atoms with Crippen LogP contribution in [0.15, 0.2) is 18.5 Å². The summed E-state index contributed by atoms with van der Waals surface area (Å²) in [6, 6.07) is 1.64. The summed E-state index contributed by atoms with van der Waals surface area (Å²) in [6.45, 7) is 2.86. The van der Waals surface area contributed by atoms with Gasteiger partial charge >= 0.3 is 0 Å². The van der Waals surface area contributed by atoms with Crippen molar-refractivity contribution in [3.8, 4) is 0 Å². The van der Waals surface area contributed by atoms with Crippen molar-refractivity contribution in [1.82, 2.24) is 15.2 Å². The third-order valence-electron chi connectivity index (χ3n) is 3.14. The standard InChI is InChI=1S/C12H18N4O/c1-16-5-3-9(8-16)6-15-12(17)10-7-14-4-2-11(10)13/h2,4,7,9H,3,5-6,8H2,1H3,(H2,13,14)(H,15,17). The van der Waals surface area contributed by atoms with E-state index in [0.717, 1.165) is 19.5 Å². The van der Waals surface area contributed by atoms with E-state index in [-0.39, 0.29) is 5.91 Å². The molecule has 1 atom stereocenters. The van der Waals surface area contributed by atoms with Gasteiger partial charge in [-0.3, -0.25) is 9.78 Å². The average Bonchev–Trinajstić information content (AvgIpc) is 2.73. The molecule has 1 aliphatic rings. The van der Waals surface area contributed by atoms with E-state index in [9.17, 15) is 4.79 Å². The third kappa shape index (κ3) is 2.94. The maximum atomic E-state index is 11.9. The Bertz CT molecular complexity index is 407. The van der Waals surface area contributed by atoms with Crippen molar-refractivity contribution in [2.75, 3.05) is 32.4 Å². The zero-order valence-corrected chi connectivity index (χ0v) is 10.0. The second kappa shape index (κ2) is 5.14. The van der Waals surface area contributed by atoms with Crippen molar-refractivity contribution < 1.29 is 4.79 Å². The Balaban J connectivity index is 1.88. The molecular formula is C12H18N4O. The van der Waals surface area contributed by atoms with Crippen LogP contribution in [0.25, 0.3) is 0 Å². The minimum absolute atomic E-state index is 0.134. The normalized spacial score (nSPS) is 20.4. The molecule has 0 aromatic carbocycles. The highest BCUT2D eigenvalue weighted by atomic mass is 16.1. The van der Waals surface area contributed by atoms with Gasteiger partial charge in [-0.1, -0.05) is 0 Å². The van der Waals surface area contributed by atoms with Crippen LogP contribution in [0.5, 0.6) is 0 Å². The molecule has 3 N–H and O–H groups in total. The van der Waals surface area contributed by atoms with Crippen LogP contribution >= 0.6 is 0 Å². The summed E-state index contributed by atoms with van der Waals surface area (Å²) in [5, 5.41) is 2.92. The number of nitrogens with one attached hydrogen (secondary N) is 1. The van der Waals surface area contributed by atoms with Crippen LogP contribution in [-0.4, -0.2) is 42.5 Å². The van der Waals surface area contributed by atoms with Crippen LogP contribution in [0.2, 0.25) is 0 Å². The van der Waals surface area contributed by atoms with Gasteiger partial charge in [-0.15, -0.1) is 0 Å². The lowest BCUT2D eigenvalue weighted by atomic mass is 10.1. The van der Waals surface area contributed by atoms with Gasteiger partial charge in [-0.2, -0.15) is 0 Å². The third-order valence-corrected chi connectivity index (χ3v) is 3.14. The molecule has 0 radical (unpaired) electrons. The summed E-state index contributed by atoms with van der Waals surface area (Å²) in [5.41, 5.74) is 6.65. The van der Waals surface area contributed by atoms with Crippen LogP contribution < -0.4 is 11.1 Å². The zero-order valence-electron chi connectivity index (χ0n) is 10.0. The molecule has 0 aliphatic carbocycles. The quantitative estimate of drug-likeness (QED) is 0.791. The number of carbonyl (C=O) groups is 1. The predicted octanol–water partition coefficient (Wildman–Crippen LogP) is 0.345. The number of aromatic nitrogens is 1. The summed E-state index contributed by atoms with van der Waals surface area (Å²) in [5.74, 6) is 0.409. The number of pyridine rings is 1. The number of hydrogen-bond acceptors (Lipinski definition) is 4. The molecule has 2 heterocycles. The monoisotopic (exact) mass is 234 g/mol. The topological polar surface area (TPSA) is 71.2 Å². The fourth-order valence-electron chi connectivity index (χ4n) is 2.12. The SMILES string of the molecule is CN1CCC(CNC(=O)c2cnccc2N)C1. The molecule has 0 saturated carbocycles. The fourth-order valence-corrected chi connectivity index (χ4v) is 2.12. The largest absolute Gasteiger partial charge is 0.398 e. The van der Waals surface area contributed by atoms with Crippen LogP contribution in [0, 0.1) is 5.92 Å². The second-order valence-electron chi connectivity index (χ2n) is 4.59. The molecule has 5 nitrogen and oxygen atoms in total. The van der Waals surface area contributed by atoms with Gasteiger partial charge in [-0.05, 0) is 32.0 Å². The minimum atomic E-state index is -0.134. The number of nitrogens with two attached hydrogens (primary N) is 1. The van der Waals surface area contributed by atoms with Gasteiger partial charge in [0.1, 0.15) is 0 Å². The Morgan fingerprint density at radius 3 is 3.18 bits per heavy atom. The van der Waals surface area contributed by atoms with Crippen molar-refractivity contribution in [2.45, 2.75) is 6.42 Å². The predicted molar refractivity (Wildman–Crippen MR) is 66.6 cm³/mol. The lowest BCUT2D eigenvalue weighted by Gasteiger charge is -2.12. The van der Waals surface area contributed by atoms with Gasteiger partial charge in [0.05, 0.1) is 5.56 Å². The Hall–Kier alpha value is -1.62. The first-order valence-corrected chi connectivity index (χ1v) is 5.83. The van der Waals surface area contributed by atoms with E-state index in [4.69, 9.17) is 5.73 Å². The van der Waals surface area contributed by atoms with Gasteiger partial charge in [0.25, 0.3) is 5.91 Å². The Morgan fingerprint density at radius 1 is 1.71 bits per heavy atom. The van der Waals surface area contributed by atoms with Crippen molar-refractivity contribution in [2.24, 2.45) is 5.92 Å². The molecule has 2 rings (SSSR count). The van der Waals surface area contributed by atoms with Gasteiger partial charge < -0.3 is 16.0 Å². The number of carbonyl (C=O) groups excluding carboxylic acids is 1.